The number of anilines is 1. The van der Waals surface area contributed by atoms with Gasteiger partial charge in [0.05, 0.1) is 19.1 Å². The van der Waals surface area contributed by atoms with Crippen LogP contribution in [0.25, 0.3) is 0 Å². The van der Waals surface area contributed by atoms with Crippen LogP contribution < -0.4 is 11.1 Å². The Kier molecular flexibility index (Phi) is 2.15. The normalized spacial score (nSPS) is 28.1. The van der Waals surface area contributed by atoms with Gasteiger partial charge in [-0.15, -0.1) is 5.10 Å². The molecule has 1 fully saturated rings. The number of rotatable bonds is 2. The lowest BCUT2D eigenvalue weighted by molar-refractivity contribution is 0.188. The van der Waals surface area contributed by atoms with Crippen LogP contribution in [0.3, 0.4) is 0 Å². The molecule has 2 atom stereocenters. The van der Waals surface area contributed by atoms with Crippen molar-refractivity contribution in [2.45, 2.75) is 12.0 Å². The van der Waals surface area contributed by atoms with E-state index in [-0.39, 0.29) is 11.9 Å². The molecule has 2 unspecified atom stereocenters. The maximum absolute atomic E-state index is 5.42. The fourth-order valence-electron chi connectivity index (χ4n) is 1.56. The summed E-state index contributed by atoms with van der Waals surface area (Å²) in [5, 5.41) is 9.76. The summed E-state index contributed by atoms with van der Waals surface area (Å²) in [5.74, 6) is 1.32. The minimum atomic E-state index is 0.231. The molecule has 1 saturated heterocycles. The highest BCUT2D eigenvalue weighted by molar-refractivity contribution is 5.16. The van der Waals surface area contributed by atoms with Gasteiger partial charge in [0.2, 0.25) is 5.95 Å². The summed E-state index contributed by atoms with van der Waals surface area (Å²) in [6.45, 7) is 1.38. The molecule has 0 aromatic carbocycles. The van der Waals surface area contributed by atoms with Crippen LogP contribution in [0.2, 0.25) is 0 Å². The van der Waals surface area contributed by atoms with E-state index < -0.39 is 0 Å². The SMILES string of the molecule is CNC1COCC1c1nc(N)n[nH]1. The van der Waals surface area contributed by atoms with Gasteiger partial charge in [-0.2, -0.15) is 4.98 Å². The number of likely N-dealkylation sites (N-methyl/N-ethyl adjacent to an activating group) is 1. The Morgan fingerprint density at radius 2 is 2.46 bits per heavy atom. The number of nitrogens with two attached hydrogens (primary N) is 1. The Morgan fingerprint density at radius 1 is 1.62 bits per heavy atom. The first-order valence-corrected chi connectivity index (χ1v) is 4.24. The molecule has 6 nitrogen and oxygen atoms in total. The second-order valence-corrected chi connectivity index (χ2v) is 3.12. The molecule has 4 N–H and O–H groups in total. The van der Waals surface area contributed by atoms with Gasteiger partial charge in [-0.1, -0.05) is 0 Å². The smallest absolute Gasteiger partial charge is 0.239 e. The Labute approximate surface area is 75.9 Å². The first-order chi connectivity index (χ1) is 6.31. The van der Waals surface area contributed by atoms with Crippen LogP contribution >= 0.6 is 0 Å². The van der Waals surface area contributed by atoms with Crippen LogP contribution in [0.4, 0.5) is 5.95 Å². The van der Waals surface area contributed by atoms with Crippen LogP contribution in [0, 0.1) is 0 Å². The predicted molar refractivity (Wildman–Crippen MR) is 47.2 cm³/mol. The molecule has 0 spiro atoms. The van der Waals surface area contributed by atoms with Crippen LogP contribution in [-0.2, 0) is 4.74 Å². The highest BCUT2D eigenvalue weighted by Crippen LogP contribution is 2.22. The third-order valence-corrected chi connectivity index (χ3v) is 2.32. The molecule has 1 aromatic rings. The van der Waals surface area contributed by atoms with Crippen molar-refractivity contribution in [2.75, 3.05) is 26.0 Å². The molecule has 13 heavy (non-hydrogen) atoms. The summed E-state index contributed by atoms with van der Waals surface area (Å²) in [4.78, 5) is 4.08. The zero-order valence-corrected chi connectivity index (χ0v) is 7.45. The van der Waals surface area contributed by atoms with E-state index in [1.165, 1.54) is 0 Å². The van der Waals surface area contributed by atoms with Crippen LogP contribution in [0.1, 0.15) is 11.7 Å². The Hall–Kier alpha value is -1.14. The molecule has 2 heterocycles. The van der Waals surface area contributed by atoms with Crippen molar-refractivity contribution in [1.29, 1.82) is 0 Å². The molecular formula is C7H13N5O. The van der Waals surface area contributed by atoms with Crippen LogP contribution in [0.5, 0.6) is 0 Å². The molecule has 72 valence electrons. The molecule has 0 aliphatic carbocycles. The maximum Gasteiger partial charge on any atom is 0.239 e. The maximum atomic E-state index is 5.42. The number of aromatic nitrogens is 3. The molecule has 1 aliphatic rings. The van der Waals surface area contributed by atoms with E-state index in [1.807, 2.05) is 7.05 Å². The number of H-pyrrole nitrogens is 1. The molecule has 0 saturated carbocycles. The number of aromatic amines is 1. The second kappa shape index (κ2) is 3.31. The van der Waals surface area contributed by atoms with Crippen LogP contribution in [0.15, 0.2) is 0 Å². The summed E-state index contributed by atoms with van der Waals surface area (Å²) in [5.41, 5.74) is 5.42. The highest BCUT2D eigenvalue weighted by atomic mass is 16.5. The van der Waals surface area contributed by atoms with Crippen molar-refractivity contribution in [1.82, 2.24) is 20.5 Å². The zero-order valence-electron chi connectivity index (χ0n) is 7.45. The zero-order chi connectivity index (χ0) is 9.26. The van der Waals surface area contributed by atoms with E-state index in [9.17, 15) is 0 Å². The molecule has 2 rings (SSSR count). The average Bonchev–Trinajstić information content (AvgIpc) is 2.71. The van der Waals surface area contributed by atoms with Crippen LogP contribution in [-0.4, -0.2) is 41.5 Å². The predicted octanol–water partition coefficient (Wildman–Crippen LogP) is -0.911. The summed E-state index contributed by atoms with van der Waals surface area (Å²) < 4.78 is 5.33. The summed E-state index contributed by atoms with van der Waals surface area (Å²) in [6.07, 6.45) is 0. The number of nitrogen functional groups attached to an aromatic ring is 1. The van der Waals surface area contributed by atoms with Crippen molar-refractivity contribution in [2.24, 2.45) is 0 Å². The Balaban J connectivity index is 2.15. The van der Waals surface area contributed by atoms with E-state index in [0.29, 0.717) is 19.3 Å². The average molecular weight is 183 g/mol. The lowest BCUT2D eigenvalue weighted by Crippen LogP contribution is -2.31. The summed E-state index contributed by atoms with van der Waals surface area (Å²) in [7, 11) is 1.91. The van der Waals surface area contributed by atoms with Gasteiger partial charge in [0.25, 0.3) is 0 Å². The van der Waals surface area contributed by atoms with Gasteiger partial charge < -0.3 is 15.8 Å². The number of ether oxygens (including phenoxy) is 1. The fourth-order valence-corrected chi connectivity index (χ4v) is 1.56. The number of nitrogens with zero attached hydrogens (tertiary/aromatic N) is 2. The summed E-state index contributed by atoms with van der Waals surface area (Å²) in [6, 6.07) is 0.298. The van der Waals surface area contributed by atoms with Gasteiger partial charge >= 0.3 is 0 Å². The fraction of sp³-hybridized carbons (Fsp3) is 0.714. The minimum absolute atomic E-state index is 0.231. The van der Waals surface area contributed by atoms with Gasteiger partial charge in [-0.25, -0.2) is 0 Å². The highest BCUT2D eigenvalue weighted by Gasteiger charge is 2.30. The molecular weight excluding hydrogens is 170 g/mol. The molecule has 1 aromatic heterocycles. The van der Waals surface area contributed by atoms with Gasteiger partial charge in [-0.05, 0) is 7.05 Å². The topological polar surface area (TPSA) is 88.8 Å². The lowest BCUT2D eigenvalue weighted by Gasteiger charge is -2.12. The van der Waals surface area contributed by atoms with Crippen molar-refractivity contribution >= 4 is 5.95 Å². The third kappa shape index (κ3) is 1.50. The molecule has 0 amide bonds. The largest absolute Gasteiger partial charge is 0.379 e. The standard InChI is InChI=1S/C7H13N5O/c1-9-5-3-13-2-4(5)6-10-7(8)12-11-6/h4-5,9H,2-3H2,1H3,(H3,8,10,11,12). The van der Waals surface area contributed by atoms with E-state index in [4.69, 9.17) is 10.5 Å². The molecule has 1 aliphatic heterocycles. The first-order valence-electron chi connectivity index (χ1n) is 4.24. The van der Waals surface area contributed by atoms with E-state index >= 15 is 0 Å². The monoisotopic (exact) mass is 183 g/mol. The quantitative estimate of drug-likeness (QED) is 0.552. The van der Waals surface area contributed by atoms with Gasteiger partial charge in [0, 0.05) is 6.04 Å². The third-order valence-electron chi connectivity index (χ3n) is 2.32. The Morgan fingerprint density at radius 3 is 3.08 bits per heavy atom. The molecule has 6 heteroatoms. The Bertz CT molecular complexity index is 286. The molecule has 0 bridgehead atoms. The van der Waals surface area contributed by atoms with E-state index in [0.717, 1.165) is 5.82 Å². The van der Waals surface area contributed by atoms with Crippen molar-refractivity contribution in [3.63, 3.8) is 0 Å². The number of hydrogen-bond donors (Lipinski definition) is 3. The van der Waals surface area contributed by atoms with Crippen molar-refractivity contribution in [3.05, 3.63) is 5.82 Å². The van der Waals surface area contributed by atoms with Gasteiger partial charge in [0.1, 0.15) is 5.82 Å². The van der Waals surface area contributed by atoms with Crippen molar-refractivity contribution in [3.8, 4) is 0 Å². The minimum Gasteiger partial charge on any atom is -0.379 e. The number of nitrogens with one attached hydrogen (secondary N) is 2. The molecule has 0 radical (unpaired) electrons. The van der Waals surface area contributed by atoms with Gasteiger partial charge in [0.15, 0.2) is 0 Å². The second-order valence-electron chi connectivity index (χ2n) is 3.12. The van der Waals surface area contributed by atoms with Crippen molar-refractivity contribution < 1.29 is 4.74 Å². The van der Waals surface area contributed by atoms with E-state index in [1.54, 1.807) is 0 Å². The number of hydrogen-bond acceptors (Lipinski definition) is 5. The van der Waals surface area contributed by atoms with E-state index in [2.05, 4.69) is 20.5 Å². The lowest BCUT2D eigenvalue weighted by atomic mass is 10.0. The first kappa shape index (κ1) is 8.46. The summed E-state index contributed by atoms with van der Waals surface area (Å²) >= 11 is 0. The van der Waals surface area contributed by atoms with Gasteiger partial charge in [-0.3, -0.25) is 5.10 Å².